The van der Waals surface area contributed by atoms with Gasteiger partial charge in [-0.3, -0.25) is 5.10 Å². The molecule has 3 N–H and O–H groups in total. The van der Waals surface area contributed by atoms with E-state index < -0.39 is 0 Å². The van der Waals surface area contributed by atoms with Crippen LogP contribution in [0.25, 0.3) is 11.6 Å². The number of nitrogens with one attached hydrogen (secondary N) is 1. The lowest BCUT2D eigenvalue weighted by Crippen LogP contribution is -2.26. The van der Waals surface area contributed by atoms with Crippen molar-refractivity contribution >= 4 is 5.95 Å². The third kappa shape index (κ3) is 1.89. The fourth-order valence-corrected chi connectivity index (χ4v) is 1.95. The summed E-state index contributed by atoms with van der Waals surface area (Å²) in [6, 6.07) is 2.03. The number of aromatic nitrogens is 4. The molecule has 1 atom stereocenters. The summed E-state index contributed by atoms with van der Waals surface area (Å²) in [4.78, 5) is 6.44. The van der Waals surface area contributed by atoms with Crippen LogP contribution in [0.2, 0.25) is 0 Å². The molecule has 2 aromatic rings. The second-order valence-corrected chi connectivity index (χ2v) is 4.31. The topological polar surface area (TPSA) is 96.9 Å². The molecule has 7 nitrogen and oxygen atoms in total. The monoisotopic (exact) mass is 234 g/mol. The van der Waals surface area contributed by atoms with Crippen LogP contribution in [0, 0.1) is 6.92 Å². The van der Waals surface area contributed by atoms with E-state index in [1.165, 1.54) is 0 Å². The molecule has 90 valence electrons. The predicted octanol–water partition coefficient (Wildman–Crippen LogP) is 0.306. The van der Waals surface area contributed by atoms with Gasteiger partial charge >= 0.3 is 0 Å². The van der Waals surface area contributed by atoms with Crippen LogP contribution in [0.4, 0.5) is 5.95 Å². The van der Waals surface area contributed by atoms with Crippen LogP contribution in [0.5, 0.6) is 0 Å². The van der Waals surface area contributed by atoms with Crippen LogP contribution in [-0.4, -0.2) is 39.5 Å². The molecule has 0 amide bonds. The summed E-state index contributed by atoms with van der Waals surface area (Å²) in [6.45, 7) is 3.56. The molecule has 3 heterocycles. The van der Waals surface area contributed by atoms with E-state index >= 15 is 0 Å². The van der Waals surface area contributed by atoms with Gasteiger partial charge in [0.15, 0.2) is 5.82 Å². The first-order chi connectivity index (χ1) is 8.22. The summed E-state index contributed by atoms with van der Waals surface area (Å²) in [6.07, 6.45) is 0.977. The quantitative estimate of drug-likeness (QED) is 0.776. The van der Waals surface area contributed by atoms with Crippen molar-refractivity contribution in [2.45, 2.75) is 19.4 Å². The van der Waals surface area contributed by atoms with Gasteiger partial charge in [0, 0.05) is 25.2 Å². The van der Waals surface area contributed by atoms with Crippen LogP contribution in [0.15, 0.2) is 10.6 Å². The van der Waals surface area contributed by atoms with Gasteiger partial charge in [0.1, 0.15) is 0 Å². The zero-order chi connectivity index (χ0) is 11.8. The predicted molar refractivity (Wildman–Crippen MR) is 61.4 cm³/mol. The molecule has 0 aromatic carbocycles. The average Bonchev–Trinajstić information content (AvgIpc) is 2.96. The minimum absolute atomic E-state index is 0.212. The summed E-state index contributed by atoms with van der Waals surface area (Å²) in [7, 11) is 0. The van der Waals surface area contributed by atoms with Gasteiger partial charge in [0.2, 0.25) is 11.7 Å². The van der Waals surface area contributed by atoms with E-state index in [2.05, 4.69) is 25.2 Å². The van der Waals surface area contributed by atoms with Crippen LogP contribution in [0.1, 0.15) is 12.1 Å². The fraction of sp³-hybridized carbons (Fsp3) is 0.500. The zero-order valence-corrected chi connectivity index (χ0v) is 9.55. The Kier molecular flexibility index (Phi) is 2.32. The summed E-state index contributed by atoms with van der Waals surface area (Å²) in [5.41, 5.74) is 6.67. The van der Waals surface area contributed by atoms with Crippen LogP contribution < -0.4 is 10.6 Å². The van der Waals surface area contributed by atoms with Gasteiger partial charge in [-0.2, -0.15) is 4.98 Å². The first-order valence-corrected chi connectivity index (χ1v) is 5.59. The lowest BCUT2D eigenvalue weighted by molar-refractivity contribution is 0.424. The summed E-state index contributed by atoms with van der Waals surface area (Å²) < 4.78 is 5.12. The lowest BCUT2D eigenvalue weighted by Gasteiger charge is -2.11. The van der Waals surface area contributed by atoms with Crippen molar-refractivity contribution in [3.05, 3.63) is 11.8 Å². The van der Waals surface area contributed by atoms with Crippen molar-refractivity contribution in [1.29, 1.82) is 0 Å². The van der Waals surface area contributed by atoms with Gasteiger partial charge in [-0.05, 0) is 13.3 Å². The van der Waals surface area contributed by atoms with Crippen molar-refractivity contribution in [3.8, 4) is 11.6 Å². The van der Waals surface area contributed by atoms with E-state index in [4.69, 9.17) is 10.3 Å². The van der Waals surface area contributed by atoms with Gasteiger partial charge < -0.3 is 15.2 Å². The Balaban J connectivity index is 1.83. The maximum absolute atomic E-state index is 5.85. The van der Waals surface area contributed by atoms with Crippen molar-refractivity contribution in [2.24, 2.45) is 5.73 Å². The van der Waals surface area contributed by atoms with Gasteiger partial charge in [-0.1, -0.05) is 5.16 Å². The Labute approximate surface area is 98.0 Å². The molecule has 7 heteroatoms. The molecule has 1 aliphatic heterocycles. The highest BCUT2D eigenvalue weighted by molar-refractivity contribution is 5.49. The maximum Gasteiger partial charge on any atom is 0.245 e. The van der Waals surface area contributed by atoms with Crippen molar-refractivity contribution in [1.82, 2.24) is 20.3 Å². The standard InChI is InChI=1S/C10H14N6O/c1-6-4-8(17-15-6)9-12-10(14-13-9)16-3-2-7(11)5-16/h4,7H,2-3,5,11H2,1H3,(H,12,13,14). The summed E-state index contributed by atoms with van der Waals surface area (Å²) in [5.74, 6) is 1.87. The second kappa shape index (κ2) is 3.85. The van der Waals surface area contributed by atoms with Crippen LogP contribution in [-0.2, 0) is 0 Å². The molecule has 0 radical (unpaired) electrons. The molecule has 0 bridgehead atoms. The number of hydrogen-bond donors (Lipinski definition) is 2. The number of anilines is 1. The maximum atomic E-state index is 5.85. The number of hydrogen-bond acceptors (Lipinski definition) is 6. The first-order valence-electron chi connectivity index (χ1n) is 5.59. The molecule has 1 fully saturated rings. The van der Waals surface area contributed by atoms with E-state index in [9.17, 15) is 0 Å². The average molecular weight is 234 g/mol. The molecule has 0 spiro atoms. The zero-order valence-electron chi connectivity index (χ0n) is 9.55. The summed E-state index contributed by atoms with van der Waals surface area (Å²) >= 11 is 0. The van der Waals surface area contributed by atoms with E-state index in [0.717, 1.165) is 25.2 Å². The van der Waals surface area contributed by atoms with Crippen molar-refractivity contribution < 1.29 is 4.52 Å². The van der Waals surface area contributed by atoms with Gasteiger partial charge in [-0.15, -0.1) is 5.10 Å². The highest BCUT2D eigenvalue weighted by atomic mass is 16.5. The Bertz CT molecular complexity index is 518. The lowest BCUT2D eigenvalue weighted by atomic mass is 10.3. The summed E-state index contributed by atoms with van der Waals surface area (Å²) in [5, 5.41) is 10.8. The SMILES string of the molecule is Cc1cc(-c2nc(N3CCC(N)C3)n[nH]2)on1. The number of nitrogens with two attached hydrogens (primary N) is 1. The van der Waals surface area contributed by atoms with E-state index in [1.54, 1.807) is 0 Å². The number of H-pyrrole nitrogens is 1. The smallest absolute Gasteiger partial charge is 0.245 e. The Hall–Kier alpha value is -1.89. The van der Waals surface area contributed by atoms with E-state index in [0.29, 0.717) is 17.5 Å². The van der Waals surface area contributed by atoms with Gasteiger partial charge in [0.25, 0.3) is 0 Å². The van der Waals surface area contributed by atoms with Crippen LogP contribution >= 0.6 is 0 Å². The fourth-order valence-electron chi connectivity index (χ4n) is 1.95. The molecule has 1 unspecified atom stereocenters. The molecule has 0 saturated carbocycles. The van der Waals surface area contributed by atoms with Crippen molar-refractivity contribution in [3.63, 3.8) is 0 Å². The minimum Gasteiger partial charge on any atom is -0.353 e. The molecular weight excluding hydrogens is 220 g/mol. The highest BCUT2D eigenvalue weighted by Crippen LogP contribution is 2.20. The molecular formula is C10H14N6O. The molecule has 3 rings (SSSR count). The second-order valence-electron chi connectivity index (χ2n) is 4.31. The number of aryl methyl sites for hydroxylation is 1. The molecule has 17 heavy (non-hydrogen) atoms. The van der Waals surface area contributed by atoms with Gasteiger partial charge in [-0.25, -0.2) is 0 Å². The largest absolute Gasteiger partial charge is 0.353 e. The van der Waals surface area contributed by atoms with Crippen LogP contribution in [0.3, 0.4) is 0 Å². The van der Waals surface area contributed by atoms with Crippen molar-refractivity contribution in [2.75, 3.05) is 18.0 Å². The molecule has 1 saturated heterocycles. The molecule has 0 aliphatic carbocycles. The molecule has 1 aliphatic rings. The first kappa shape index (κ1) is 10.3. The minimum atomic E-state index is 0.212. The third-order valence-corrected chi connectivity index (χ3v) is 2.84. The third-order valence-electron chi connectivity index (χ3n) is 2.84. The highest BCUT2D eigenvalue weighted by Gasteiger charge is 2.23. The molecule has 2 aromatic heterocycles. The Morgan fingerprint density at radius 3 is 3.12 bits per heavy atom. The van der Waals surface area contributed by atoms with E-state index in [-0.39, 0.29) is 6.04 Å². The van der Waals surface area contributed by atoms with Gasteiger partial charge in [0.05, 0.1) is 5.69 Å². The van der Waals surface area contributed by atoms with E-state index in [1.807, 2.05) is 13.0 Å². The Morgan fingerprint density at radius 1 is 1.59 bits per heavy atom. The Morgan fingerprint density at radius 2 is 2.47 bits per heavy atom. The number of aromatic amines is 1. The normalized spacial score (nSPS) is 20.1. The number of nitrogens with zero attached hydrogens (tertiary/aromatic N) is 4. The number of rotatable bonds is 2.